The molecule has 0 amide bonds. The summed E-state index contributed by atoms with van der Waals surface area (Å²) in [5, 5.41) is 11.4. The van der Waals surface area contributed by atoms with E-state index in [0.29, 0.717) is 0 Å². The van der Waals surface area contributed by atoms with E-state index in [-0.39, 0.29) is 17.8 Å². The minimum atomic E-state index is -0.705. The van der Waals surface area contributed by atoms with Gasteiger partial charge in [0.1, 0.15) is 0 Å². The number of aliphatic carboxylic acids is 1. The van der Waals surface area contributed by atoms with E-state index in [1.807, 2.05) is 18.3 Å². The molecule has 1 aliphatic heterocycles. The lowest BCUT2D eigenvalue weighted by molar-refractivity contribution is -0.138. The van der Waals surface area contributed by atoms with Crippen LogP contribution >= 0.6 is 0 Å². The highest BCUT2D eigenvalue weighted by Gasteiger charge is 2.40. The Labute approximate surface area is 130 Å². The molecule has 0 spiro atoms. The van der Waals surface area contributed by atoms with Gasteiger partial charge in [-0.05, 0) is 22.8 Å². The van der Waals surface area contributed by atoms with Crippen LogP contribution in [0.4, 0.5) is 0 Å². The topological polar surface area (TPSA) is 53.4 Å². The van der Waals surface area contributed by atoms with E-state index in [9.17, 15) is 4.79 Å². The molecular weight excluding hydrogens is 276 g/mol. The third kappa shape index (κ3) is 3.12. The predicted octanol–water partition coefficient (Wildman–Crippen LogP) is 3.17. The lowest BCUT2D eigenvalue weighted by atomic mass is 9.80. The van der Waals surface area contributed by atoms with Crippen LogP contribution in [0, 0.1) is 11.3 Å². The van der Waals surface area contributed by atoms with Crippen molar-refractivity contribution in [1.29, 1.82) is 0 Å². The third-order valence-electron chi connectivity index (χ3n) is 4.71. The van der Waals surface area contributed by atoms with Crippen LogP contribution in [0.15, 0.2) is 36.5 Å². The van der Waals surface area contributed by atoms with Gasteiger partial charge < -0.3 is 5.11 Å². The first-order valence-electron chi connectivity index (χ1n) is 7.72. The average molecular weight is 298 g/mol. The standard InChI is InChI=1S/C18H22N2O2/c1-18(2)12-20(10-15(18)8-17(21)22)11-16-7-13-5-3-4-6-14(13)9-19-16/h3-7,9,15H,8,10-12H2,1-2H3,(H,21,22). The van der Waals surface area contributed by atoms with Gasteiger partial charge in [-0.2, -0.15) is 0 Å². The van der Waals surface area contributed by atoms with Crippen molar-refractivity contribution in [2.75, 3.05) is 13.1 Å². The van der Waals surface area contributed by atoms with Crippen molar-refractivity contribution < 1.29 is 9.90 Å². The second kappa shape index (κ2) is 5.69. The maximum atomic E-state index is 11.0. The monoisotopic (exact) mass is 298 g/mol. The number of aromatic nitrogens is 1. The quantitative estimate of drug-likeness (QED) is 0.942. The van der Waals surface area contributed by atoms with Crippen molar-refractivity contribution >= 4 is 16.7 Å². The Balaban J connectivity index is 1.74. The second-order valence-electron chi connectivity index (χ2n) is 6.98. The SMILES string of the molecule is CC1(C)CN(Cc2cc3ccccc3cn2)CC1CC(=O)O. The van der Waals surface area contributed by atoms with E-state index < -0.39 is 5.97 Å². The molecule has 1 fully saturated rings. The molecule has 0 radical (unpaired) electrons. The van der Waals surface area contributed by atoms with Crippen molar-refractivity contribution in [2.45, 2.75) is 26.8 Å². The molecule has 1 atom stereocenters. The zero-order valence-electron chi connectivity index (χ0n) is 13.1. The summed E-state index contributed by atoms with van der Waals surface area (Å²) in [5.74, 6) is -0.505. The van der Waals surface area contributed by atoms with Gasteiger partial charge in [-0.15, -0.1) is 0 Å². The molecule has 0 bridgehead atoms. The molecule has 0 aliphatic carbocycles. The van der Waals surface area contributed by atoms with Crippen LogP contribution in [-0.4, -0.2) is 34.0 Å². The summed E-state index contributed by atoms with van der Waals surface area (Å²) in [6.07, 6.45) is 2.16. The molecule has 0 saturated carbocycles. The van der Waals surface area contributed by atoms with Gasteiger partial charge in [-0.3, -0.25) is 14.7 Å². The molecule has 2 heterocycles. The normalized spacial score (nSPS) is 21.3. The first-order chi connectivity index (χ1) is 10.4. The Kier molecular flexibility index (Phi) is 3.87. The fraction of sp³-hybridized carbons (Fsp3) is 0.444. The average Bonchev–Trinajstić information content (AvgIpc) is 2.72. The summed E-state index contributed by atoms with van der Waals surface area (Å²) in [7, 11) is 0. The number of carbonyl (C=O) groups is 1. The van der Waals surface area contributed by atoms with E-state index >= 15 is 0 Å². The van der Waals surface area contributed by atoms with Crippen LogP contribution in [-0.2, 0) is 11.3 Å². The van der Waals surface area contributed by atoms with Crippen LogP contribution in [0.1, 0.15) is 26.0 Å². The molecular formula is C18H22N2O2. The van der Waals surface area contributed by atoms with Crippen molar-refractivity contribution in [3.05, 3.63) is 42.2 Å². The number of hydrogen-bond donors (Lipinski definition) is 1. The first kappa shape index (κ1) is 15.0. The van der Waals surface area contributed by atoms with E-state index in [4.69, 9.17) is 5.11 Å². The Morgan fingerprint density at radius 1 is 1.36 bits per heavy atom. The van der Waals surface area contributed by atoms with Crippen LogP contribution in [0.3, 0.4) is 0 Å². The number of carboxylic acids is 1. The number of hydrogen-bond acceptors (Lipinski definition) is 3. The number of likely N-dealkylation sites (tertiary alicyclic amines) is 1. The Bertz CT molecular complexity index is 696. The highest BCUT2D eigenvalue weighted by molar-refractivity contribution is 5.81. The Morgan fingerprint density at radius 3 is 2.82 bits per heavy atom. The summed E-state index contributed by atoms with van der Waals surface area (Å²) < 4.78 is 0. The van der Waals surface area contributed by atoms with E-state index in [1.54, 1.807) is 0 Å². The molecule has 1 N–H and O–H groups in total. The van der Waals surface area contributed by atoms with Gasteiger partial charge in [0.15, 0.2) is 0 Å². The highest BCUT2D eigenvalue weighted by atomic mass is 16.4. The molecule has 1 aromatic carbocycles. The summed E-state index contributed by atoms with van der Waals surface area (Å²) in [6.45, 7) is 6.85. The lowest BCUT2D eigenvalue weighted by Crippen LogP contribution is -2.25. The van der Waals surface area contributed by atoms with Crippen molar-refractivity contribution in [1.82, 2.24) is 9.88 Å². The maximum absolute atomic E-state index is 11.0. The fourth-order valence-corrected chi connectivity index (χ4v) is 3.45. The number of benzene rings is 1. The van der Waals surface area contributed by atoms with E-state index in [0.717, 1.165) is 30.7 Å². The maximum Gasteiger partial charge on any atom is 0.303 e. The van der Waals surface area contributed by atoms with Gasteiger partial charge in [0.2, 0.25) is 0 Å². The molecule has 4 nitrogen and oxygen atoms in total. The predicted molar refractivity (Wildman–Crippen MR) is 86.5 cm³/mol. The summed E-state index contributed by atoms with van der Waals surface area (Å²) >= 11 is 0. The van der Waals surface area contributed by atoms with Gasteiger partial charge in [0, 0.05) is 37.6 Å². The smallest absolute Gasteiger partial charge is 0.303 e. The van der Waals surface area contributed by atoms with Crippen LogP contribution in [0.2, 0.25) is 0 Å². The molecule has 22 heavy (non-hydrogen) atoms. The number of carboxylic acid groups (broad SMARTS) is 1. The van der Waals surface area contributed by atoms with Crippen molar-refractivity contribution in [3.63, 3.8) is 0 Å². The van der Waals surface area contributed by atoms with Crippen LogP contribution in [0.25, 0.3) is 10.8 Å². The van der Waals surface area contributed by atoms with Gasteiger partial charge in [-0.1, -0.05) is 38.1 Å². The minimum absolute atomic E-state index is 0.0369. The fourth-order valence-electron chi connectivity index (χ4n) is 3.45. The van der Waals surface area contributed by atoms with Crippen molar-refractivity contribution in [3.8, 4) is 0 Å². The van der Waals surface area contributed by atoms with Crippen molar-refractivity contribution in [2.24, 2.45) is 11.3 Å². The summed E-state index contributed by atoms with van der Waals surface area (Å²) in [5.41, 5.74) is 1.08. The molecule has 1 unspecified atom stereocenters. The molecule has 1 saturated heterocycles. The molecule has 116 valence electrons. The minimum Gasteiger partial charge on any atom is -0.481 e. The third-order valence-corrected chi connectivity index (χ3v) is 4.71. The molecule has 2 aromatic rings. The van der Waals surface area contributed by atoms with Gasteiger partial charge in [0.05, 0.1) is 5.69 Å². The zero-order valence-corrected chi connectivity index (χ0v) is 13.1. The Hall–Kier alpha value is -1.94. The summed E-state index contributed by atoms with van der Waals surface area (Å²) in [6, 6.07) is 10.3. The largest absolute Gasteiger partial charge is 0.481 e. The Morgan fingerprint density at radius 2 is 2.09 bits per heavy atom. The molecule has 3 rings (SSSR count). The zero-order chi connectivity index (χ0) is 15.7. The van der Waals surface area contributed by atoms with E-state index in [1.165, 1.54) is 5.39 Å². The van der Waals surface area contributed by atoms with Crippen LogP contribution in [0.5, 0.6) is 0 Å². The summed E-state index contributed by atoms with van der Waals surface area (Å²) in [4.78, 5) is 17.9. The number of rotatable bonds is 4. The molecule has 1 aliphatic rings. The van der Waals surface area contributed by atoms with Gasteiger partial charge in [-0.25, -0.2) is 0 Å². The second-order valence-corrected chi connectivity index (χ2v) is 6.98. The van der Waals surface area contributed by atoms with E-state index in [2.05, 4.69) is 41.9 Å². The van der Waals surface area contributed by atoms with Crippen LogP contribution < -0.4 is 0 Å². The molecule has 1 aromatic heterocycles. The van der Waals surface area contributed by atoms with Gasteiger partial charge in [0.25, 0.3) is 0 Å². The van der Waals surface area contributed by atoms with Gasteiger partial charge >= 0.3 is 5.97 Å². The highest BCUT2D eigenvalue weighted by Crippen LogP contribution is 2.37. The number of nitrogens with zero attached hydrogens (tertiary/aromatic N) is 2. The number of pyridine rings is 1. The molecule has 4 heteroatoms. The first-order valence-corrected chi connectivity index (χ1v) is 7.72. The number of fused-ring (bicyclic) bond motifs is 1. The lowest BCUT2D eigenvalue weighted by Gasteiger charge is -2.24.